The van der Waals surface area contributed by atoms with E-state index in [1.165, 1.54) is 7.11 Å². The molecule has 0 bridgehead atoms. The van der Waals surface area contributed by atoms with Crippen molar-refractivity contribution in [2.24, 2.45) is 5.92 Å². The van der Waals surface area contributed by atoms with Crippen molar-refractivity contribution in [1.82, 2.24) is 0 Å². The summed E-state index contributed by atoms with van der Waals surface area (Å²) in [4.78, 5) is 0. The molecule has 0 aromatic heterocycles. The van der Waals surface area contributed by atoms with E-state index in [1.807, 2.05) is 0 Å². The summed E-state index contributed by atoms with van der Waals surface area (Å²) >= 11 is 0. The van der Waals surface area contributed by atoms with E-state index in [4.69, 9.17) is 42.6 Å². The zero-order chi connectivity index (χ0) is 22.3. The van der Waals surface area contributed by atoms with Crippen LogP contribution in [0.4, 0.5) is 0 Å². The second-order valence-corrected chi connectivity index (χ2v) is 7.53. The van der Waals surface area contributed by atoms with Crippen LogP contribution in [0.5, 0.6) is 0 Å². The van der Waals surface area contributed by atoms with Gasteiger partial charge in [0.25, 0.3) is 0 Å². The van der Waals surface area contributed by atoms with E-state index in [-0.39, 0.29) is 43.0 Å². The number of rotatable bonds is 11. The van der Waals surface area contributed by atoms with Crippen molar-refractivity contribution in [3.63, 3.8) is 0 Å². The highest BCUT2D eigenvalue weighted by atomic mass is 16.7. The van der Waals surface area contributed by atoms with Crippen LogP contribution < -0.4 is 0 Å². The number of methoxy groups -OCH3 is 7. The molecule has 0 aromatic carbocycles. The van der Waals surface area contributed by atoms with Gasteiger partial charge in [-0.1, -0.05) is 0 Å². The van der Waals surface area contributed by atoms with Crippen LogP contribution in [-0.4, -0.2) is 123 Å². The lowest BCUT2D eigenvalue weighted by Gasteiger charge is -2.49. The van der Waals surface area contributed by atoms with Crippen LogP contribution in [0, 0.1) is 5.92 Å². The second-order valence-electron chi connectivity index (χ2n) is 7.53. The Morgan fingerprint density at radius 3 is 1.63 bits per heavy atom. The van der Waals surface area contributed by atoms with E-state index >= 15 is 0 Å². The van der Waals surface area contributed by atoms with E-state index in [0.717, 1.165) is 0 Å². The first-order valence-electron chi connectivity index (χ1n) is 10.1. The number of aliphatic hydroxyl groups excluding tert-OH is 1. The highest BCUT2D eigenvalue weighted by Crippen LogP contribution is 2.37. The molecule has 30 heavy (non-hydrogen) atoms. The van der Waals surface area contributed by atoms with Crippen molar-refractivity contribution in [3.8, 4) is 0 Å². The molecule has 2 aliphatic rings. The van der Waals surface area contributed by atoms with Crippen LogP contribution >= 0.6 is 0 Å². The fourth-order valence-corrected chi connectivity index (χ4v) is 4.75. The molecule has 0 unspecified atom stereocenters. The first-order chi connectivity index (χ1) is 14.5. The molecule has 0 saturated carbocycles. The SMILES string of the molecule is COC[C@@H]1O[C@H](C[C@H]2[C@H](OC)[C@@H](OC)[C@@H](OC)O[C@@H]2CO)[C@@H](OC)[C@@H](OC)[C@@H]1OC. The normalized spacial score (nSPS) is 42.4. The summed E-state index contributed by atoms with van der Waals surface area (Å²) in [6.07, 6.45) is -3.35. The van der Waals surface area contributed by atoms with E-state index in [2.05, 4.69) is 0 Å². The van der Waals surface area contributed by atoms with Crippen molar-refractivity contribution in [2.45, 2.75) is 61.5 Å². The Hall–Kier alpha value is -0.400. The summed E-state index contributed by atoms with van der Waals surface area (Å²) in [5.41, 5.74) is 0. The molecule has 0 spiro atoms. The molecular weight excluding hydrogens is 400 g/mol. The fraction of sp³-hybridized carbons (Fsp3) is 1.00. The summed E-state index contributed by atoms with van der Waals surface area (Å²) in [6.45, 7) is 0.150. The molecule has 1 N–H and O–H groups in total. The third-order valence-electron chi connectivity index (χ3n) is 6.14. The molecule has 10 nitrogen and oxygen atoms in total. The minimum absolute atomic E-state index is 0.193. The molecule has 0 radical (unpaired) electrons. The quantitative estimate of drug-likeness (QED) is 0.468. The minimum atomic E-state index is -0.648. The summed E-state index contributed by atoms with van der Waals surface area (Å²) in [6, 6.07) is 0. The van der Waals surface area contributed by atoms with Gasteiger partial charge in [0.1, 0.15) is 30.5 Å². The number of hydrogen-bond acceptors (Lipinski definition) is 10. The monoisotopic (exact) mass is 438 g/mol. The highest BCUT2D eigenvalue weighted by molar-refractivity contribution is 4.99. The third-order valence-corrected chi connectivity index (χ3v) is 6.14. The topological polar surface area (TPSA) is 103 Å². The van der Waals surface area contributed by atoms with Crippen LogP contribution in [0.1, 0.15) is 6.42 Å². The number of hydrogen-bond donors (Lipinski definition) is 1. The van der Waals surface area contributed by atoms with Crippen LogP contribution in [0.3, 0.4) is 0 Å². The second kappa shape index (κ2) is 12.6. The third kappa shape index (κ3) is 5.32. The van der Waals surface area contributed by atoms with Crippen molar-refractivity contribution in [1.29, 1.82) is 0 Å². The van der Waals surface area contributed by atoms with Gasteiger partial charge in [-0.15, -0.1) is 0 Å². The molecule has 2 aliphatic heterocycles. The molecule has 2 fully saturated rings. The van der Waals surface area contributed by atoms with E-state index in [9.17, 15) is 5.11 Å². The predicted molar refractivity (Wildman–Crippen MR) is 105 cm³/mol. The molecule has 178 valence electrons. The van der Waals surface area contributed by atoms with Crippen molar-refractivity contribution in [3.05, 3.63) is 0 Å². The summed E-state index contributed by atoms with van der Waals surface area (Å²) in [7, 11) is 11.2. The zero-order valence-corrected chi connectivity index (χ0v) is 19.0. The van der Waals surface area contributed by atoms with Gasteiger partial charge in [0.05, 0.1) is 31.5 Å². The summed E-state index contributed by atoms with van der Waals surface area (Å²) in [5.74, 6) is -0.237. The Morgan fingerprint density at radius 1 is 0.600 bits per heavy atom. The van der Waals surface area contributed by atoms with Gasteiger partial charge in [-0.25, -0.2) is 0 Å². The maximum Gasteiger partial charge on any atom is 0.186 e. The van der Waals surface area contributed by atoms with Crippen LogP contribution in [-0.2, 0) is 42.6 Å². The average Bonchev–Trinajstić information content (AvgIpc) is 2.77. The lowest BCUT2D eigenvalue weighted by Crippen LogP contribution is -2.63. The molecule has 0 amide bonds. The van der Waals surface area contributed by atoms with Gasteiger partial charge >= 0.3 is 0 Å². The fourth-order valence-electron chi connectivity index (χ4n) is 4.75. The van der Waals surface area contributed by atoms with Gasteiger partial charge in [0.15, 0.2) is 6.29 Å². The zero-order valence-electron chi connectivity index (χ0n) is 19.0. The first-order valence-corrected chi connectivity index (χ1v) is 10.1. The Bertz CT molecular complexity index is 481. The maximum atomic E-state index is 10.0. The molecule has 2 rings (SSSR count). The highest BCUT2D eigenvalue weighted by Gasteiger charge is 2.52. The maximum absolute atomic E-state index is 10.0. The van der Waals surface area contributed by atoms with Gasteiger partial charge in [0.2, 0.25) is 0 Å². The van der Waals surface area contributed by atoms with Crippen LogP contribution in [0.15, 0.2) is 0 Å². The molecule has 10 heteroatoms. The van der Waals surface area contributed by atoms with Gasteiger partial charge < -0.3 is 47.7 Å². The average molecular weight is 439 g/mol. The smallest absolute Gasteiger partial charge is 0.186 e. The first kappa shape index (κ1) is 25.9. The molecular formula is C20H38O10. The van der Waals surface area contributed by atoms with E-state index < -0.39 is 24.6 Å². The Labute approximate surface area is 178 Å². The lowest BCUT2D eigenvalue weighted by atomic mass is 9.81. The Balaban J connectivity index is 2.30. The van der Waals surface area contributed by atoms with Crippen LogP contribution in [0.25, 0.3) is 0 Å². The van der Waals surface area contributed by atoms with E-state index in [1.54, 1.807) is 42.7 Å². The van der Waals surface area contributed by atoms with Gasteiger partial charge in [-0.05, 0) is 6.42 Å². The number of ether oxygens (including phenoxy) is 9. The summed E-state index contributed by atoms with van der Waals surface area (Å²) in [5, 5.41) is 10.0. The molecule has 2 saturated heterocycles. The van der Waals surface area contributed by atoms with Crippen molar-refractivity contribution >= 4 is 0 Å². The molecule has 2 heterocycles. The number of aliphatic hydroxyl groups is 1. The molecule has 10 atom stereocenters. The Kier molecular flexibility index (Phi) is 10.9. The largest absolute Gasteiger partial charge is 0.394 e. The van der Waals surface area contributed by atoms with Gasteiger partial charge in [-0.3, -0.25) is 0 Å². The Morgan fingerprint density at radius 2 is 1.17 bits per heavy atom. The summed E-state index contributed by atoms with van der Waals surface area (Å²) < 4.78 is 51.6. The molecule has 0 aliphatic carbocycles. The van der Waals surface area contributed by atoms with Gasteiger partial charge in [-0.2, -0.15) is 0 Å². The van der Waals surface area contributed by atoms with E-state index in [0.29, 0.717) is 13.0 Å². The van der Waals surface area contributed by atoms with Crippen molar-refractivity contribution in [2.75, 3.05) is 63.0 Å². The van der Waals surface area contributed by atoms with Gasteiger partial charge in [0, 0.05) is 55.7 Å². The standard InChI is InChI=1S/C20H38O10/c1-22-10-14-17(25-4)18(26-5)16(24-3)12(29-14)8-11-13(9-21)30-20(28-7)19(27-6)15(11)23-2/h11-21H,8-10H2,1-7H3/t11-,12-,13-,14+,15+,16-,17-,18-,19-,20+/m1/s1. The minimum Gasteiger partial charge on any atom is -0.394 e. The lowest BCUT2D eigenvalue weighted by molar-refractivity contribution is -0.302. The van der Waals surface area contributed by atoms with Crippen LogP contribution in [0.2, 0.25) is 0 Å². The predicted octanol–water partition coefficient (Wildman–Crippen LogP) is -0.155. The molecule has 0 aromatic rings. The van der Waals surface area contributed by atoms with Crippen molar-refractivity contribution < 1.29 is 47.7 Å².